The van der Waals surface area contributed by atoms with E-state index in [0.29, 0.717) is 16.0 Å². The second-order valence-corrected chi connectivity index (χ2v) is 11.2. The van der Waals surface area contributed by atoms with Crippen LogP contribution in [0.4, 0.5) is 28.5 Å². The maximum absolute atomic E-state index is 13.0. The molecule has 3 aromatic rings. The first-order chi connectivity index (χ1) is 16.0. The number of thiazole rings is 1. The van der Waals surface area contributed by atoms with E-state index in [0.717, 1.165) is 32.7 Å². The first-order valence-electron chi connectivity index (χ1n) is 10.1. The molecule has 2 atom stereocenters. The summed E-state index contributed by atoms with van der Waals surface area (Å²) in [7, 11) is 0.182. The van der Waals surface area contributed by atoms with Crippen molar-refractivity contribution >= 4 is 48.5 Å². The SMILES string of the molecule is Cc1cc([N+](C)(C)C)ncc1-c1ccc2nc(NC(=O)[C@@H]3C[C@@H]3F)sc2c1.O=S(=O)([O-])C(F)(F)F. The number of nitrogens with one attached hydrogen (secondary N) is 1. The number of carbonyl (C=O) groups is 1. The molecule has 4 rings (SSSR count). The molecule has 190 valence electrons. The number of carbonyl (C=O) groups excluding carboxylic acids is 1. The Morgan fingerprint density at radius 3 is 2.31 bits per heavy atom. The van der Waals surface area contributed by atoms with Gasteiger partial charge in [-0.1, -0.05) is 17.4 Å². The largest absolute Gasteiger partial charge is 0.741 e. The number of aromatic nitrogens is 2. The summed E-state index contributed by atoms with van der Waals surface area (Å²) in [5.41, 5.74) is -1.53. The van der Waals surface area contributed by atoms with Gasteiger partial charge in [0.2, 0.25) is 11.7 Å². The zero-order valence-corrected chi connectivity index (χ0v) is 20.7. The normalized spacial score (nSPS) is 18.1. The van der Waals surface area contributed by atoms with Crippen LogP contribution in [-0.4, -0.2) is 61.7 Å². The molecule has 0 aliphatic heterocycles. The van der Waals surface area contributed by atoms with Crippen molar-refractivity contribution < 1.29 is 35.3 Å². The monoisotopic (exact) mass is 534 g/mol. The second kappa shape index (κ2) is 9.41. The van der Waals surface area contributed by atoms with Gasteiger partial charge in [-0.3, -0.25) is 9.28 Å². The van der Waals surface area contributed by atoms with Crippen molar-refractivity contribution in [2.24, 2.45) is 5.92 Å². The van der Waals surface area contributed by atoms with E-state index >= 15 is 0 Å². The molecule has 1 fully saturated rings. The molecule has 1 amide bonds. The summed E-state index contributed by atoms with van der Waals surface area (Å²) in [5.74, 6) is 0.213. The second-order valence-electron chi connectivity index (χ2n) is 8.82. The molecule has 8 nitrogen and oxygen atoms in total. The molecule has 0 unspecified atom stereocenters. The Morgan fingerprint density at radius 1 is 1.23 bits per heavy atom. The van der Waals surface area contributed by atoms with Gasteiger partial charge in [0, 0.05) is 17.8 Å². The number of hydrogen-bond acceptors (Lipinski definition) is 7. The first-order valence-corrected chi connectivity index (χ1v) is 12.4. The van der Waals surface area contributed by atoms with Crippen molar-refractivity contribution in [1.29, 1.82) is 0 Å². The van der Waals surface area contributed by atoms with Gasteiger partial charge in [-0.05, 0) is 36.6 Å². The predicted octanol–water partition coefficient (Wildman–Crippen LogP) is 4.21. The molecule has 0 saturated heterocycles. The van der Waals surface area contributed by atoms with Crippen LogP contribution in [0.3, 0.4) is 0 Å². The minimum Gasteiger partial charge on any atom is -0.741 e. The van der Waals surface area contributed by atoms with Gasteiger partial charge in [0.05, 0.1) is 37.3 Å². The van der Waals surface area contributed by atoms with Crippen molar-refractivity contribution in [3.05, 3.63) is 36.0 Å². The van der Waals surface area contributed by atoms with Crippen LogP contribution >= 0.6 is 11.3 Å². The predicted molar refractivity (Wildman–Crippen MR) is 125 cm³/mol. The number of alkyl halides is 4. The zero-order chi connectivity index (χ0) is 26.3. The Morgan fingerprint density at radius 2 is 1.83 bits per heavy atom. The minimum absolute atomic E-state index is 0.280. The lowest BCUT2D eigenvalue weighted by atomic mass is 10.0. The Bertz CT molecular complexity index is 1370. The molecule has 0 radical (unpaired) electrons. The van der Waals surface area contributed by atoms with Crippen molar-refractivity contribution in [3.8, 4) is 11.1 Å². The highest BCUT2D eigenvalue weighted by atomic mass is 32.2. The van der Waals surface area contributed by atoms with E-state index in [9.17, 15) is 22.4 Å². The third-order valence-corrected chi connectivity index (χ3v) is 6.55. The highest BCUT2D eigenvalue weighted by molar-refractivity contribution is 7.86. The number of hydrogen-bond donors (Lipinski definition) is 1. The van der Waals surface area contributed by atoms with Crippen LogP contribution in [0.25, 0.3) is 21.3 Å². The van der Waals surface area contributed by atoms with Crippen molar-refractivity contribution in [2.75, 3.05) is 26.5 Å². The highest BCUT2D eigenvalue weighted by Gasteiger charge is 2.43. The zero-order valence-electron chi connectivity index (χ0n) is 19.1. The topological polar surface area (TPSA) is 112 Å². The van der Waals surface area contributed by atoms with Crippen LogP contribution in [0.1, 0.15) is 12.0 Å². The lowest BCUT2D eigenvalue weighted by Crippen LogP contribution is -2.35. The van der Waals surface area contributed by atoms with E-state index in [1.54, 1.807) is 0 Å². The van der Waals surface area contributed by atoms with E-state index in [1.165, 1.54) is 11.3 Å². The Labute approximate surface area is 203 Å². The van der Waals surface area contributed by atoms with E-state index in [1.807, 2.05) is 18.3 Å². The molecule has 0 spiro atoms. The van der Waals surface area contributed by atoms with Crippen molar-refractivity contribution in [2.45, 2.75) is 25.0 Å². The van der Waals surface area contributed by atoms with E-state index < -0.39 is 27.7 Å². The highest BCUT2D eigenvalue weighted by Crippen LogP contribution is 2.36. The van der Waals surface area contributed by atoms with Crippen LogP contribution in [-0.2, 0) is 14.9 Å². The maximum atomic E-state index is 13.0. The minimum atomic E-state index is -6.09. The molecule has 2 aromatic heterocycles. The first kappa shape index (κ1) is 26.9. The summed E-state index contributed by atoms with van der Waals surface area (Å²) in [6.45, 7) is 2.09. The average molecular weight is 535 g/mol. The fourth-order valence-corrected chi connectivity index (χ4v) is 3.90. The van der Waals surface area contributed by atoms with Crippen LogP contribution in [0.2, 0.25) is 0 Å². The van der Waals surface area contributed by atoms with Gasteiger partial charge in [-0.15, -0.1) is 0 Å². The molecule has 1 aliphatic carbocycles. The molecule has 1 N–H and O–H groups in total. The van der Waals surface area contributed by atoms with Gasteiger partial charge < -0.3 is 9.87 Å². The third kappa shape index (κ3) is 6.51. The summed E-state index contributed by atoms with van der Waals surface area (Å²) in [6, 6.07) is 8.13. The van der Waals surface area contributed by atoms with Crippen LogP contribution in [0, 0.1) is 12.8 Å². The average Bonchev–Trinajstić information content (AvgIpc) is 3.31. The Kier molecular flexibility index (Phi) is 7.24. The molecule has 1 saturated carbocycles. The van der Waals surface area contributed by atoms with Crippen molar-refractivity contribution in [3.63, 3.8) is 0 Å². The number of rotatable bonds is 4. The summed E-state index contributed by atoms with van der Waals surface area (Å²) in [5, 5.41) is 3.25. The quantitative estimate of drug-likeness (QED) is 0.232. The Hall–Kier alpha value is -2.68. The third-order valence-electron chi connectivity index (χ3n) is 5.05. The number of benzene rings is 1. The van der Waals surface area contributed by atoms with Crippen LogP contribution in [0.15, 0.2) is 30.5 Å². The van der Waals surface area contributed by atoms with E-state index in [-0.39, 0.29) is 5.91 Å². The van der Waals surface area contributed by atoms with Gasteiger partial charge >= 0.3 is 5.51 Å². The number of quaternary nitrogens is 1. The molecule has 35 heavy (non-hydrogen) atoms. The number of nitrogens with zero attached hydrogens (tertiary/aromatic N) is 3. The molecule has 14 heteroatoms. The fourth-order valence-electron chi connectivity index (χ4n) is 2.99. The van der Waals surface area contributed by atoms with Gasteiger partial charge in [0.15, 0.2) is 15.2 Å². The lowest BCUT2D eigenvalue weighted by Gasteiger charge is -2.22. The molecular weight excluding hydrogens is 512 g/mol. The molecular formula is C21H22F4N4O4S2. The fraction of sp³-hybridized carbons (Fsp3) is 0.381. The maximum Gasteiger partial charge on any atom is 0.485 e. The van der Waals surface area contributed by atoms with Crippen LogP contribution in [0.5, 0.6) is 0 Å². The molecule has 0 bridgehead atoms. The molecule has 1 aliphatic rings. The summed E-state index contributed by atoms with van der Waals surface area (Å²) >= 11 is 1.41. The number of fused-ring (bicyclic) bond motifs is 1. The smallest absolute Gasteiger partial charge is 0.485 e. The summed E-state index contributed by atoms with van der Waals surface area (Å²) in [6.07, 6.45) is 1.22. The summed E-state index contributed by atoms with van der Waals surface area (Å²) < 4.78 is 73.6. The van der Waals surface area contributed by atoms with Gasteiger partial charge in [-0.2, -0.15) is 13.2 Å². The lowest BCUT2D eigenvalue weighted by molar-refractivity contribution is -0.117. The summed E-state index contributed by atoms with van der Waals surface area (Å²) in [4.78, 5) is 21.0. The molecule has 2 heterocycles. The van der Waals surface area contributed by atoms with E-state index in [2.05, 4.69) is 55.5 Å². The number of amides is 1. The van der Waals surface area contributed by atoms with Crippen LogP contribution < -0.4 is 9.80 Å². The van der Waals surface area contributed by atoms with Gasteiger partial charge in [0.1, 0.15) is 6.17 Å². The number of halogens is 4. The number of anilines is 1. The van der Waals surface area contributed by atoms with Gasteiger partial charge in [-0.25, -0.2) is 22.8 Å². The van der Waals surface area contributed by atoms with Crippen molar-refractivity contribution in [1.82, 2.24) is 14.5 Å². The number of aryl methyl sites for hydroxylation is 1. The number of pyridine rings is 1. The standard InChI is InChI=1S/C20H21FN4OS.CHF3O3S/c1-11-7-18(25(2,3)4)22-10-14(11)12-5-6-16-17(8-12)27-20(23-16)24-19(26)13-9-15(13)21;2-1(3,4)8(5,6)7/h5-8,10,13,15H,9H2,1-4H3;(H,5,6,7)/t13-,15+;/m1./s1. The molecule has 1 aromatic carbocycles. The van der Waals surface area contributed by atoms with E-state index in [4.69, 9.17) is 13.0 Å². The Balaban J connectivity index is 0.000000371. The van der Waals surface area contributed by atoms with Gasteiger partial charge in [0.25, 0.3) is 0 Å².